The highest BCUT2D eigenvalue weighted by Gasteiger charge is 2.42. The van der Waals surface area contributed by atoms with Crippen molar-refractivity contribution in [3.05, 3.63) is 29.6 Å². The van der Waals surface area contributed by atoms with E-state index in [-0.39, 0.29) is 11.3 Å². The molecule has 3 rings (SSSR count). The first kappa shape index (κ1) is 16.1. The molecule has 4 nitrogen and oxygen atoms in total. The largest absolute Gasteiger partial charge is 0.375 e. The number of carbonyl (C=O) groups is 1. The van der Waals surface area contributed by atoms with Gasteiger partial charge in [0.15, 0.2) is 17.5 Å². The fourth-order valence-electron chi connectivity index (χ4n) is 3.26. The third-order valence-electron chi connectivity index (χ3n) is 4.65. The van der Waals surface area contributed by atoms with Crippen LogP contribution in [0.3, 0.4) is 0 Å². The Labute approximate surface area is 132 Å². The van der Waals surface area contributed by atoms with Gasteiger partial charge in [-0.2, -0.15) is 0 Å². The maximum atomic E-state index is 13.1. The highest BCUT2D eigenvalue weighted by molar-refractivity contribution is 5.89. The van der Waals surface area contributed by atoms with E-state index in [2.05, 4.69) is 10.6 Å². The molecule has 1 aromatic carbocycles. The Hall–Kier alpha value is -1.76. The van der Waals surface area contributed by atoms with Crippen LogP contribution >= 0.6 is 0 Å². The molecule has 2 aliphatic rings. The molecule has 1 heterocycles. The quantitative estimate of drug-likeness (QED) is 0.834. The topological polar surface area (TPSA) is 50.4 Å². The van der Waals surface area contributed by atoms with Gasteiger partial charge in [0.2, 0.25) is 0 Å². The van der Waals surface area contributed by atoms with Gasteiger partial charge >= 0.3 is 6.03 Å². The highest BCUT2D eigenvalue weighted by Crippen LogP contribution is 2.43. The predicted octanol–water partition coefficient (Wildman–Crippen LogP) is 3.57. The molecule has 1 aliphatic carbocycles. The summed E-state index contributed by atoms with van der Waals surface area (Å²) in [6, 6.07) is 0.926. The first-order chi connectivity index (χ1) is 11.0. The summed E-state index contributed by atoms with van der Waals surface area (Å²) in [6.07, 6.45) is 5.13. The number of benzene rings is 1. The van der Waals surface area contributed by atoms with Crippen LogP contribution in [-0.2, 0) is 4.74 Å². The van der Waals surface area contributed by atoms with Crippen LogP contribution < -0.4 is 10.6 Å². The number of urea groups is 1. The van der Waals surface area contributed by atoms with Gasteiger partial charge in [0.1, 0.15) is 0 Å². The lowest BCUT2D eigenvalue weighted by Gasteiger charge is -2.47. The normalized spacial score (nSPS) is 22.5. The summed E-state index contributed by atoms with van der Waals surface area (Å²) in [5.74, 6) is -3.89. The van der Waals surface area contributed by atoms with Gasteiger partial charge in [0.25, 0.3) is 0 Å². The van der Waals surface area contributed by atoms with Gasteiger partial charge in [0, 0.05) is 31.0 Å². The Balaban J connectivity index is 1.50. The molecule has 126 valence electrons. The molecule has 0 radical (unpaired) electrons. The van der Waals surface area contributed by atoms with Gasteiger partial charge in [-0.3, -0.25) is 0 Å². The average Bonchev–Trinajstić information content (AvgIpc) is 2.49. The van der Waals surface area contributed by atoms with E-state index in [1.165, 1.54) is 6.42 Å². The van der Waals surface area contributed by atoms with E-state index < -0.39 is 23.5 Å². The summed E-state index contributed by atoms with van der Waals surface area (Å²) in [5.41, 5.74) is -0.120. The summed E-state index contributed by atoms with van der Waals surface area (Å²) in [4.78, 5) is 11.8. The number of hydrogen-bond donors (Lipinski definition) is 2. The SMILES string of the molecule is O=C(NC[C@H]1CCOC2(CCC2)C1)Nc1cc(F)c(F)c(F)c1. The zero-order valence-corrected chi connectivity index (χ0v) is 12.6. The van der Waals surface area contributed by atoms with Crippen molar-refractivity contribution in [2.24, 2.45) is 5.92 Å². The fourth-order valence-corrected chi connectivity index (χ4v) is 3.26. The Kier molecular flexibility index (Phi) is 4.48. The second kappa shape index (κ2) is 6.39. The summed E-state index contributed by atoms with van der Waals surface area (Å²) >= 11 is 0. The smallest absolute Gasteiger partial charge is 0.319 e. The molecule has 1 spiro atoms. The van der Waals surface area contributed by atoms with Crippen molar-refractivity contribution in [3.8, 4) is 0 Å². The van der Waals surface area contributed by atoms with E-state index in [1.54, 1.807) is 0 Å². The molecule has 1 atom stereocenters. The second-order valence-electron chi connectivity index (χ2n) is 6.33. The standard InChI is InChI=1S/C16H19F3N2O2/c17-12-6-11(7-13(18)14(12)19)21-15(22)20-9-10-2-5-23-16(8-10)3-1-4-16/h6-7,10H,1-5,8-9H2,(H2,20,21,22)/t10-/m0/s1. The van der Waals surface area contributed by atoms with E-state index in [0.29, 0.717) is 19.1 Å². The lowest BCUT2D eigenvalue weighted by atomic mass is 9.72. The van der Waals surface area contributed by atoms with Crippen LogP contribution in [0.25, 0.3) is 0 Å². The number of anilines is 1. The highest BCUT2D eigenvalue weighted by atomic mass is 19.2. The van der Waals surface area contributed by atoms with Crippen LogP contribution in [0.2, 0.25) is 0 Å². The van der Waals surface area contributed by atoms with Gasteiger partial charge in [-0.15, -0.1) is 0 Å². The van der Waals surface area contributed by atoms with E-state index in [0.717, 1.165) is 37.8 Å². The molecule has 2 amide bonds. The maximum Gasteiger partial charge on any atom is 0.319 e. The molecule has 7 heteroatoms. The molecular weight excluding hydrogens is 309 g/mol. The van der Waals surface area contributed by atoms with Gasteiger partial charge < -0.3 is 15.4 Å². The number of nitrogens with one attached hydrogen (secondary N) is 2. The van der Waals surface area contributed by atoms with Crippen LogP contribution in [0, 0.1) is 23.4 Å². The average molecular weight is 328 g/mol. The van der Waals surface area contributed by atoms with Gasteiger partial charge in [0.05, 0.1) is 5.60 Å². The Morgan fingerprint density at radius 2 is 1.96 bits per heavy atom. The number of ether oxygens (including phenoxy) is 1. The van der Waals surface area contributed by atoms with Crippen LogP contribution in [0.4, 0.5) is 23.7 Å². The van der Waals surface area contributed by atoms with E-state index >= 15 is 0 Å². The lowest BCUT2D eigenvalue weighted by Crippen LogP contribution is -2.47. The zero-order chi connectivity index (χ0) is 16.4. The molecule has 1 aliphatic heterocycles. The molecule has 0 aromatic heterocycles. The predicted molar refractivity (Wildman–Crippen MR) is 78.6 cm³/mol. The Bertz CT molecular complexity index is 582. The van der Waals surface area contributed by atoms with Gasteiger partial charge in [-0.1, -0.05) is 0 Å². The van der Waals surface area contributed by atoms with Crippen molar-refractivity contribution in [1.82, 2.24) is 5.32 Å². The number of carbonyl (C=O) groups excluding carboxylic acids is 1. The van der Waals surface area contributed by atoms with Crippen molar-refractivity contribution in [2.45, 2.75) is 37.7 Å². The zero-order valence-electron chi connectivity index (χ0n) is 12.6. The molecule has 1 aromatic rings. The number of hydrogen-bond acceptors (Lipinski definition) is 2. The van der Waals surface area contributed by atoms with Crippen molar-refractivity contribution in [2.75, 3.05) is 18.5 Å². The summed E-state index contributed by atoms with van der Waals surface area (Å²) < 4.78 is 44.9. The monoisotopic (exact) mass is 328 g/mol. The van der Waals surface area contributed by atoms with Crippen LogP contribution in [0.1, 0.15) is 32.1 Å². The molecule has 1 saturated heterocycles. The molecule has 2 fully saturated rings. The van der Waals surface area contributed by atoms with E-state index in [4.69, 9.17) is 4.74 Å². The van der Waals surface area contributed by atoms with E-state index in [9.17, 15) is 18.0 Å². The second-order valence-corrected chi connectivity index (χ2v) is 6.33. The third-order valence-corrected chi connectivity index (χ3v) is 4.65. The molecule has 0 unspecified atom stereocenters. The number of rotatable bonds is 3. The summed E-state index contributed by atoms with van der Waals surface area (Å²) in [5, 5.41) is 5.01. The van der Waals surface area contributed by atoms with Crippen molar-refractivity contribution in [1.29, 1.82) is 0 Å². The van der Waals surface area contributed by atoms with E-state index in [1.807, 2.05) is 0 Å². The van der Waals surface area contributed by atoms with Crippen molar-refractivity contribution in [3.63, 3.8) is 0 Å². The fraction of sp³-hybridized carbons (Fsp3) is 0.562. The van der Waals surface area contributed by atoms with Crippen LogP contribution in [-0.4, -0.2) is 24.8 Å². The van der Waals surface area contributed by atoms with Crippen LogP contribution in [0.5, 0.6) is 0 Å². The summed E-state index contributed by atoms with van der Waals surface area (Å²) in [7, 11) is 0. The summed E-state index contributed by atoms with van der Waals surface area (Å²) in [6.45, 7) is 1.17. The molecule has 23 heavy (non-hydrogen) atoms. The minimum absolute atomic E-state index is 0.00425. The first-order valence-corrected chi connectivity index (χ1v) is 7.81. The first-order valence-electron chi connectivity index (χ1n) is 7.81. The number of amides is 2. The molecule has 2 N–H and O–H groups in total. The minimum Gasteiger partial charge on any atom is -0.375 e. The lowest BCUT2D eigenvalue weighted by molar-refractivity contribution is -0.142. The Morgan fingerprint density at radius 3 is 2.57 bits per heavy atom. The van der Waals surface area contributed by atoms with Crippen LogP contribution in [0.15, 0.2) is 12.1 Å². The number of halogens is 3. The van der Waals surface area contributed by atoms with Crippen molar-refractivity contribution >= 4 is 11.7 Å². The Morgan fingerprint density at radius 1 is 1.26 bits per heavy atom. The minimum atomic E-state index is -1.55. The third kappa shape index (κ3) is 3.60. The van der Waals surface area contributed by atoms with Gasteiger partial charge in [-0.05, 0) is 38.0 Å². The van der Waals surface area contributed by atoms with Crippen molar-refractivity contribution < 1.29 is 22.7 Å². The molecule has 0 bridgehead atoms. The molecular formula is C16H19F3N2O2. The molecule has 1 saturated carbocycles. The van der Waals surface area contributed by atoms with Gasteiger partial charge in [-0.25, -0.2) is 18.0 Å². The maximum absolute atomic E-state index is 13.1.